The summed E-state index contributed by atoms with van der Waals surface area (Å²) in [5.41, 5.74) is 5.12. The summed E-state index contributed by atoms with van der Waals surface area (Å²) in [4.78, 5) is 16.7. The first-order valence-electron chi connectivity index (χ1n) is 8.66. The van der Waals surface area contributed by atoms with Crippen molar-refractivity contribution in [3.8, 4) is 0 Å². The van der Waals surface area contributed by atoms with Crippen molar-refractivity contribution in [2.24, 2.45) is 0 Å². The van der Waals surface area contributed by atoms with Crippen LogP contribution in [-0.4, -0.2) is 10.9 Å². The Labute approximate surface area is 148 Å². The minimum Gasteiger partial charge on any atom is -0.464 e. The molecule has 1 amide bonds. The Hall–Kier alpha value is -2.62. The predicted molar refractivity (Wildman–Crippen MR) is 99.5 cm³/mol. The van der Waals surface area contributed by atoms with Gasteiger partial charge in [-0.05, 0) is 55.2 Å². The zero-order valence-electron chi connectivity index (χ0n) is 15.2. The van der Waals surface area contributed by atoms with Crippen LogP contribution >= 0.6 is 0 Å². The normalized spacial score (nSPS) is 12.5. The van der Waals surface area contributed by atoms with E-state index in [1.165, 1.54) is 11.1 Å². The van der Waals surface area contributed by atoms with E-state index in [0.717, 1.165) is 22.2 Å². The van der Waals surface area contributed by atoms with Crippen molar-refractivity contribution < 1.29 is 9.21 Å². The largest absolute Gasteiger partial charge is 0.464 e. The molecule has 3 rings (SSSR count). The van der Waals surface area contributed by atoms with Gasteiger partial charge in [0.05, 0.1) is 24.4 Å². The molecule has 1 N–H and O–H groups in total. The third-order valence-corrected chi connectivity index (χ3v) is 4.52. The Bertz CT molecular complexity index is 882. The van der Waals surface area contributed by atoms with Gasteiger partial charge in [-0.25, -0.2) is 0 Å². The summed E-state index contributed by atoms with van der Waals surface area (Å²) >= 11 is 0. The number of rotatable bonds is 5. The molecular formula is C21H24N2O2. The number of benzene rings is 1. The van der Waals surface area contributed by atoms with Gasteiger partial charge in [0.25, 0.3) is 0 Å². The monoisotopic (exact) mass is 336 g/mol. The van der Waals surface area contributed by atoms with Gasteiger partial charge in [-0.2, -0.15) is 0 Å². The highest BCUT2D eigenvalue weighted by Gasteiger charge is 2.16. The molecule has 0 radical (unpaired) electrons. The molecule has 4 nitrogen and oxygen atoms in total. The van der Waals surface area contributed by atoms with Crippen LogP contribution in [0.15, 0.2) is 47.2 Å². The van der Waals surface area contributed by atoms with Gasteiger partial charge in [-0.15, -0.1) is 0 Å². The maximum atomic E-state index is 12.4. The Balaban J connectivity index is 1.78. The van der Waals surface area contributed by atoms with Crippen molar-refractivity contribution >= 4 is 16.9 Å². The molecular weight excluding hydrogens is 312 g/mol. The lowest BCUT2D eigenvalue weighted by atomic mass is 9.95. The second-order valence-electron chi connectivity index (χ2n) is 6.84. The second-order valence-corrected chi connectivity index (χ2v) is 6.84. The van der Waals surface area contributed by atoms with Gasteiger partial charge in [0.15, 0.2) is 0 Å². The molecule has 0 spiro atoms. The van der Waals surface area contributed by atoms with Gasteiger partial charge < -0.3 is 9.73 Å². The van der Waals surface area contributed by atoms with E-state index in [-0.39, 0.29) is 11.9 Å². The minimum atomic E-state index is -0.125. The molecule has 4 heteroatoms. The Morgan fingerprint density at radius 3 is 2.72 bits per heavy atom. The average Bonchev–Trinajstić information content (AvgIpc) is 2.96. The first-order chi connectivity index (χ1) is 12.0. The number of aromatic nitrogens is 1. The van der Waals surface area contributed by atoms with E-state index in [9.17, 15) is 4.79 Å². The minimum absolute atomic E-state index is 0.0347. The summed E-state index contributed by atoms with van der Waals surface area (Å²) in [6.07, 6.45) is 3.72. The van der Waals surface area contributed by atoms with Crippen molar-refractivity contribution in [2.75, 3.05) is 0 Å². The molecule has 25 heavy (non-hydrogen) atoms. The predicted octanol–water partition coefficient (Wildman–Crippen LogP) is 4.68. The highest BCUT2D eigenvalue weighted by molar-refractivity contribution is 5.88. The molecule has 1 aromatic carbocycles. The summed E-state index contributed by atoms with van der Waals surface area (Å²) < 4.78 is 5.66. The standard InChI is InChI=1S/C21H24N2O2/c1-13(2)17-11-18-16(12-25-20(18)9-14(17)3)10-21(24)23-15(4)19-7-5-6-8-22-19/h5-9,11-13,15H,10H2,1-4H3,(H,23,24). The quantitative estimate of drug-likeness (QED) is 0.736. The number of carbonyl (C=O) groups excluding carboxylic acids is 1. The topological polar surface area (TPSA) is 55.1 Å². The first-order valence-corrected chi connectivity index (χ1v) is 8.66. The molecule has 0 saturated carbocycles. The number of carbonyl (C=O) groups is 1. The fourth-order valence-corrected chi connectivity index (χ4v) is 3.18. The molecule has 1 unspecified atom stereocenters. The summed E-state index contributed by atoms with van der Waals surface area (Å²) in [5.74, 6) is 0.401. The van der Waals surface area contributed by atoms with Gasteiger partial charge in [0.1, 0.15) is 5.58 Å². The van der Waals surface area contributed by atoms with Crippen LogP contribution in [-0.2, 0) is 11.2 Å². The second kappa shape index (κ2) is 7.09. The molecule has 2 aromatic heterocycles. The van der Waals surface area contributed by atoms with E-state index in [1.54, 1.807) is 12.5 Å². The summed E-state index contributed by atoms with van der Waals surface area (Å²) in [5, 5.41) is 4.03. The molecule has 0 bridgehead atoms. The van der Waals surface area contributed by atoms with Crippen LogP contribution in [0.1, 0.15) is 55.1 Å². The molecule has 0 aliphatic rings. The van der Waals surface area contributed by atoms with E-state index < -0.39 is 0 Å². The number of furan rings is 1. The van der Waals surface area contributed by atoms with Crippen LogP contribution in [0, 0.1) is 6.92 Å². The van der Waals surface area contributed by atoms with E-state index in [4.69, 9.17) is 4.42 Å². The lowest BCUT2D eigenvalue weighted by molar-refractivity contribution is -0.121. The molecule has 1 atom stereocenters. The molecule has 130 valence electrons. The Kier molecular flexibility index (Phi) is 4.88. The summed E-state index contributed by atoms with van der Waals surface area (Å²) in [6, 6.07) is 9.79. The zero-order chi connectivity index (χ0) is 18.0. The number of aryl methyl sites for hydroxylation is 1. The van der Waals surface area contributed by atoms with Gasteiger partial charge in [-0.1, -0.05) is 19.9 Å². The van der Waals surface area contributed by atoms with E-state index in [1.807, 2.05) is 25.1 Å². The smallest absolute Gasteiger partial charge is 0.225 e. The van der Waals surface area contributed by atoms with Crippen LogP contribution in [0.3, 0.4) is 0 Å². The number of fused-ring (bicyclic) bond motifs is 1. The van der Waals surface area contributed by atoms with Gasteiger partial charge >= 0.3 is 0 Å². The number of nitrogens with zero attached hydrogens (tertiary/aromatic N) is 1. The third-order valence-electron chi connectivity index (χ3n) is 4.52. The van der Waals surface area contributed by atoms with Crippen LogP contribution < -0.4 is 5.32 Å². The van der Waals surface area contributed by atoms with Crippen LogP contribution in [0.2, 0.25) is 0 Å². The Morgan fingerprint density at radius 1 is 1.24 bits per heavy atom. The number of pyridine rings is 1. The van der Waals surface area contributed by atoms with Crippen molar-refractivity contribution in [2.45, 2.75) is 46.1 Å². The average molecular weight is 336 g/mol. The van der Waals surface area contributed by atoms with E-state index in [0.29, 0.717) is 12.3 Å². The molecule has 0 saturated heterocycles. The number of hydrogen-bond acceptors (Lipinski definition) is 3. The molecule has 3 aromatic rings. The lowest BCUT2D eigenvalue weighted by Crippen LogP contribution is -2.28. The van der Waals surface area contributed by atoms with E-state index >= 15 is 0 Å². The summed E-state index contributed by atoms with van der Waals surface area (Å²) in [6.45, 7) is 8.39. The third kappa shape index (κ3) is 3.73. The van der Waals surface area contributed by atoms with Crippen molar-refractivity contribution in [1.82, 2.24) is 10.3 Å². The fourth-order valence-electron chi connectivity index (χ4n) is 3.18. The fraction of sp³-hybridized carbons (Fsp3) is 0.333. The SMILES string of the molecule is Cc1cc2occ(CC(=O)NC(C)c3ccccn3)c2cc1C(C)C. The molecule has 0 aliphatic heterocycles. The molecule has 0 aliphatic carbocycles. The first kappa shape index (κ1) is 17.2. The van der Waals surface area contributed by atoms with Crippen LogP contribution in [0.4, 0.5) is 0 Å². The molecule has 0 fully saturated rings. The van der Waals surface area contributed by atoms with Gasteiger partial charge in [0.2, 0.25) is 5.91 Å². The van der Waals surface area contributed by atoms with E-state index in [2.05, 4.69) is 43.2 Å². The summed E-state index contributed by atoms with van der Waals surface area (Å²) in [7, 11) is 0. The van der Waals surface area contributed by atoms with Crippen LogP contribution in [0.25, 0.3) is 11.0 Å². The lowest BCUT2D eigenvalue weighted by Gasteiger charge is -2.13. The zero-order valence-corrected chi connectivity index (χ0v) is 15.2. The highest BCUT2D eigenvalue weighted by atomic mass is 16.3. The van der Waals surface area contributed by atoms with Crippen molar-refractivity contribution in [3.63, 3.8) is 0 Å². The highest BCUT2D eigenvalue weighted by Crippen LogP contribution is 2.29. The number of nitrogens with one attached hydrogen (secondary N) is 1. The maximum absolute atomic E-state index is 12.4. The van der Waals surface area contributed by atoms with Crippen LogP contribution in [0.5, 0.6) is 0 Å². The molecule has 2 heterocycles. The number of amides is 1. The number of hydrogen-bond donors (Lipinski definition) is 1. The van der Waals surface area contributed by atoms with Gasteiger partial charge in [-0.3, -0.25) is 9.78 Å². The Morgan fingerprint density at radius 2 is 2.04 bits per heavy atom. The van der Waals surface area contributed by atoms with Crippen molar-refractivity contribution in [1.29, 1.82) is 0 Å². The maximum Gasteiger partial charge on any atom is 0.225 e. The van der Waals surface area contributed by atoms with Gasteiger partial charge in [0, 0.05) is 17.1 Å². The van der Waals surface area contributed by atoms with Crippen molar-refractivity contribution in [3.05, 3.63) is 65.2 Å².